The molecule has 0 saturated heterocycles. The predicted molar refractivity (Wildman–Crippen MR) is 81.3 cm³/mol. The van der Waals surface area contributed by atoms with Crippen LogP contribution in [0.5, 0.6) is 5.75 Å². The number of ketones is 1. The second-order valence-electron chi connectivity index (χ2n) is 5.44. The molecule has 1 unspecified atom stereocenters. The van der Waals surface area contributed by atoms with Gasteiger partial charge in [0.25, 0.3) is 0 Å². The van der Waals surface area contributed by atoms with Crippen molar-refractivity contribution in [3.8, 4) is 5.75 Å². The second-order valence-corrected chi connectivity index (χ2v) is 5.44. The lowest BCUT2D eigenvalue weighted by Crippen LogP contribution is -2.17. The molecule has 0 amide bonds. The standard InChI is InChI=1S/C16H19N3O2/c1-3-21-12-6-4-11(5-7-12)17-16-15-13(18-19-16)8-10(2)9-14(15)20/h4-7,10H,3,8-9H2,1-2H3,(H2,17,18,19). The highest BCUT2D eigenvalue weighted by molar-refractivity contribution is 6.03. The number of hydrogen-bond acceptors (Lipinski definition) is 4. The van der Waals surface area contributed by atoms with Crippen LogP contribution >= 0.6 is 0 Å². The molecule has 0 saturated carbocycles. The van der Waals surface area contributed by atoms with Crippen LogP contribution in [0.15, 0.2) is 24.3 Å². The molecule has 5 nitrogen and oxygen atoms in total. The summed E-state index contributed by atoms with van der Waals surface area (Å²) in [6.07, 6.45) is 1.46. The molecule has 1 aromatic carbocycles. The first-order valence-electron chi connectivity index (χ1n) is 7.27. The maximum absolute atomic E-state index is 12.2. The lowest BCUT2D eigenvalue weighted by molar-refractivity contribution is 0.0954. The van der Waals surface area contributed by atoms with Gasteiger partial charge < -0.3 is 10.1 Å². The molecular formula is C16H19N3O2. The number of H-pyrrole nitrogens is 1. The minimum Gasteiger partial charge on any atom is -0.494 e. The first kappa shape index (κ1) is 13.7. The van der Waals surface area contributed by atoms with Crippen LogP contribution in [0.3, 0.4) is 0 Å². The van der Waals surface area contributed by atoms with Crippen LogP contribution < -0.4 is 10.1 Å². The first-order chi connectivity index (χ1) is 10.2. The van der Waals surface area contributed by atoms with Gasteiger partial charge in [0.05, 0.1) is 12.2 Å². The quantitative estimate of drug-likeness (QED) is 0.904. The van der Waals surface area contributed by atoms with E-state index < -0.39 is 0 Å². The lowest BCUT2D eigenvalue weighted by Gasteiger charge is -2.17. The van der Waals surface area contributed by atoms with Crippen LogP contribution in [0.4, 0.5) is 11.5 Å². The number of nitrogens with one attached hydrogen (secondary N) is 2. The third-order valence-corrected chi connectivity index (χ3v) is 3.63. The van der Waals surface area contributed by atoms with Crippen molar-refractivity contribution in [2.45, 2.75) is 26.7 Å². The van der Waals surface area contributed by atoms with E-state index in [1.54, 1.807) is 0 Å². The number of benzene rings is 1. The number of ether oxygens (including phenoxy) is 1. The van der Waals surface area contributed by atoms with Crippen molar-refractivity contribution in [3.05, 3.63) is 35.5 Å². The summed E-state index contributed by atoms with van der Waals surface area (Å²) < 4.78 is 5.41. The Morgan fingerprint density at radius 3 is 2.81 bits per heavy atom. The van der Waals surface area contributed by atoms with Gasteiger partial charge in [-0.1, -0.05) is 6.92 Å². The third kappa shape index (κ3) is 2.77. The van der Waals surface area contributed by atoms with E-state index >= 15 is 0 Å². The molecule has 1 atom stereocenters. The molecule has 0 aliphatic heterocycles. The molecule has 0 spiro atoms. The molecule has 21 heavy (non-hydrogen) atoms. The first-order valence-corrected chi connectivity index (χ1v) is 7.27. The Morgan fingerprint density at radius 2 is 2.10 bits per heavy atom. The Labute approximate surface area is 123 Å². The van der Waals surface area contributed by atoms with Crippen molar-refractivity contribution < 1.29 is 9.53 Å². The number of nitrogens with zero attached hydrogens (tertiary/aromatic N) is 1. The van der Waals surface area contributed by atoms with E-state index in [9.17, 15) is 4.79 Å². The van der Waals surface area contributed by atoms with Crippen molar-refractivity contribution in [3.63, 3.8) is 0 Å². The van der Waals surface area contributed by atoms with Crippen LogP contribution in [0.1, 0.15) is 36.3 Å². The molecule has 2 aromatic rings. The minimum absolute atomic E-state index is 0.158. The maximum atomic E-state index is 12.2. The fourth-order valence-electron chi connectivity index (χ4n) is 2.69. The van der Waals surface area contributed by atoms with Gasteiger partial charge in [-0.3, -0.25) is 9.89 Å². The van der Waals surface area contributed by atoms with E-state index in [-0.39, 0.29) is 5.78 Å². The molecule has 1 aliphatic carbocycles. The minimum atomic E-state index is 0.158. The predicted octanol–water partition coefficient (Wildman–Crippen LogP) is 3.32. The smallest absolute Gasteiger partial charge is 0.168 e. The Bertz CT molecular complexity index is 646. The summed E-state index contributed by atoms with van der Waals surface area (Å²) in [5.41, 5.74) is 2.54. The molecule has 1 aromatic heterocycles. The van der Waals surface area contributed by atoms with Crippen LogP contribution in [0.2, 0.25) is 0 Å². The average Bonchev–Trinajstić information content (AvgIpc) is 2.84. The fraction of sp³-hybridized carbons (Fsp3) is 0.375. The summed E-state index contributed by atoms with van der Waals surface area (Å²) in [4.78, 5) is 12.2. The van der Waals surface area contributed by atoms with Crippen LogP contribution in [0, 0.1) is 5.92 Å². The van der Waals surface area contributed by atoms with Crippen molar-refractivity contribution in [1.29, 1.82) is 0 Å². The summed E-state index contributed by atoms with van der Waals surface area (Å²) in [6, 6.07) is 7.63. The summed E-state index contributed by atoms with van der Waals surface area (Å²) in [6.45, 7) is 4.68. The molecule has 2 N–H and O–H groups in total. The van der Waals surface area contributed by atoms with Gasteiger partial charge >= 0.3 is 0 Å². The zero-order chi connectivity index (χ0) is 14.8. The third-order valence-electron chi connectivity index (χ3n) is 3.63. The van der Waals surface area contributed by atoms with Crippen LogP contribution in [-0.4, -0.2) is 22.6 Å². The highest BCUT2D eigenvalue weighted by atomic mass is 16.5. The average molecular weight is 285 g/mol. The summed E-state index contributed by atoms with van der Waals surface area (Å²) in [7, 11) is 0. The SMILES string of the molecule is CCOc1ccc(Nc2n[nH]c3c2C(=O)CC(C)C3)cc1. The van der Waals surface area contributed by atoms with Gasteiger partial charge in [-0.15, -0.1) is 0 Å². The van der Waals surface area contributed by atoms with Gasteiger partial charge in [0, 0.05) is 17.8 Å². The summed E-state index contributed by atoms with van der Waals surface area (Å²) in [5.74, 6) is 1.98. The molecule has 1 heterocycles. The molecule has 1 aliphatic rings. The highest BCUT2D eigenvalue weighted by Gasteiger charge is 2.27. The maximum Gasteiger partial charge on any atom is 0.168 e. The molecule has 0 fully saturated rings. The number of rotatable bonds is 4. The highest BCUT2D eigenvalue weighted by Crippen LogP contribution is 2.30. The zero-order valence-corrected chi connectivity index (χ0v) is 12.3. The van der Waals surface area contributed by atoms with Gasteiger partial charge in [-0.25, -0.2) is 0 Å². The van der Waals surface area contributed by atoms with E-state index in [2.05, 4.69) is 22.4 Å². The number of anilines is 2. The molecule has 0 radical (unpaired) electrons. The number of carbonyl (C=O) groups excluding carboxylic acids is 1. The molecule has 0 bridgehead atoms. The molecular weight excluding hydrogens is 266 g/mol. The largest absolute Gasteiger partial charge is 0.494 e. The van der Waals surface area contributed by atoms with Gasteiger partial charge in [-0.05, 0) is 43.5 Å². The molecule has 110 valence electrons. The lowest BCUT2D eigenvalue weighted by atomic mass is 9.88. The number of carbonyl (C=O) groups is 1. The summed E-state index contributed by atoms with van der Waals surface area (Å²) in [5, 5.41) is 10.4. The zero-order valence-electron chi connectivity index (χ0n) is 12.3. The normalized spacial score (nSPS) is 17.4. The van der Waals surface area contributed by atoms with E-state index in [0.29, 0.717) is 30.3 Å². The van der Waals surface area contributed by atoms with Crippen LogP contribution in [0.25, 0.3) is 0 Å². The van der Waals surface area contributed by atoms with E-state index in [0.717, 1.165) is 23.6 Å². The Kier molecular flexibility index (Phi) is 3.64. The van der Waals surface area contributed by atoms with E-state index in [1.807, 2.05) is 31.2 Å². The molecule has 3 rings (SSSR count). The van der Waals surface area contributed by atoms with Gasteiger partial charge in [0.1, 0.15) is 5.75 Å². The number of hydrogen-bond donors (Lipinski definition) is 2. The topological polar surface area (TPSA) is 67.0 Å². The second kappa shape index (κ2) is 5.60. The molecule has 5 heteroatoms. The van der Waals surface area contributed by atoms with Gasteiger partial charge in [0.15, 0.2) is 11.6 Å². The number of aromatic amines is 1. The fourth-order valence-corrected chi connectivity index (χ4v) is 2.69. The van der Waals surface area contributed by atoms with Gasteiger partial charge in [-0.2, -0.15) is 5.10 Å². The van der Waals surface area contributed by atoms with Crippen molar-refractivity contribution in [1.82, 2.24) is 10.2 Å². The number of fused-ring (bicyclic) bond motifs is 1. The number of Topliss-reactive ketones (excluding diaryl/α,β-unsaturated/α-hetero) is 1. The summed E-state index contributed by atoms with van der Waals surface area (Å²) >= 11 is 0. The van der Waals surface area contributed by atoms with Crippen molar-refractivity contribution in [2.75, 3.05) is 11.9 Å². The van der Waals surface area contributed by atoms with E-state index in [1.165, 1.54) is 0 Å². The van der Waals surface area contributed by atoms with Crippen molar-refractivity contribution in [2.24, 2.45) is 5.92 Å². The van der Waals surface area contributed by atoms with Crippen LogP contribution in [-0.2, 0) is 6.42 Å². The Hall–Kier alpha value is -2.30. The Morgan fingerprint density at radius 1 is 1.33 bits per heavy atom. The van der Waals surface area contributed by atoms with E-state index in [4.69, 9.17) is 4.74 Å². The Balaban J connectivity index is 1.81. The van der Waals surface area contributed by atoms with Crippen molar-refractivity contribution >= 4 is 17.3 Å². The number of aromatic nitrogens is 2. The monoisotopic (exact) mass is 285 g/mol. The van der Waals surface area contributed by atoms with Gasteiger partial charge in [0.2, 0.25) is 0 Å².